The van der Waals surface area contributed by atoms with E-state index in [-0.39, 0.29) is 0 Å². The molecule has 0 N–H and O–H groups in total. The Labute approximate surface area is 121 Å². The zero-order chi connectivity index (χ0) is 13.8. The maximum atomic E-state index is 9.05. The number of rotatable bonds is 4. The van der Waals surface area contributed by atoms with Gasteiger partial charge in [0.15, 0.2) is 0 Å². The Bertz CT molecular complexity index is 494. The predicted octanol–water partition coefficient (Wildman–Crippen LogP) is 3.20. The molecule has 1 saturated carbocycles. The van der Waals surface area contributed by atoms with E-state index in [4.69, 9.17) is 10.00 Å². The fourth-order valence-electron chi connectivity index (χ4n) is 3.79. The number of hydrogen-bond acceptors (Lipinski definition) is 3. The maximum Gasteiger partial charge on any atom is 0.137 e. The van der Waals surface area contributed by atoms with Gasteiger partial charge in [0, 0.05) is 12.6 Å². The average Bonchev–Trinajstić information content (AvgIpc) is 2.97. The van der Waals surface area contributed by atoms with Crippen LogP contribution in [-0.2, 0) is 0 Å². The van der Waals surface area contributed by atoms with Crippen molar-refractivity contribution in [2.75, 3.05) is 19.7 Å². The summed E-state index contributed by atoms with van der Waals surface area (Å²) in [4.78, 5) is 2.61. The largest absolute Gasteiger partial charge is 0.491 e. The minimum atomic E-state index is 0.630. The molecule has 0 radical (unpaired) electrons. The van der Waals surface area contributed by atoms with Gasteiger partial charge >= 0.3 is 0 Å². The summed E-state index contributed by atoms with van der Waals surface area (Å²) in [5, 5.41) is 9.05. The molecular formula is C17H22N2O. The van der Waals surface area contributed by atoms with E-state index in [0.717, 1.165) is 24.3 Å². The predicted molar refractivity (Wildman–Crippen MR) is 78.6 cm³/mol. The van der Waals surface area contributed by atoms with Gasteiger partial charge in [-0.05, 0) is 50.3 Å². The van der Waals surface area contributed by atoms with Crippen LogP contribution in [0.2, 0.25) is 0 Å². The Kier molecular flexibility index (Phi) is 4.22. The fraction of sp³-hybridized carbons (Fsp3) is 0.588. The lowest BCUT2D eigenvalue weighted by Gasteiger charge is -2.37. The molecule has 1 heterocycles. The van der Waals surface area contributed by atoms with Crippen molar-refractivity contribution in [3.05, 3.63) is 29.8 Å². The quantitative estimate of drug-likeness (QED) is 0.843. The van der Waals surface area contributed by atoms with E-state index in [1.165, 1.54) is 38.6 Å². The molecule has 2 fully saturated rings. The van der Waals surface area contributed by atoms with Crippen LogP contribution in [0.3, 0.4) is 0 Å². The normalized spacial score (nSPS) is 25.9. The van der Waals surface area contributed by atoms with Crippen molar-refractivity contribution in [2.45, 2.75) is 38.1 Å². The highest BCUT2D eigenvalue weighted by Gasteiger charge is 2.34. The second-order valence-electron chi connectivity index (χ2n) is 5.89. The van der Waals surface area contributed by atoms with E-state index in [0.29, 0.717) is 12.2 Å². The fourth-order valence-corrected chi connectivity index (χ4v) is 3.79. The van der Waals surface area contributed by atoms with Crippen LogP contribution in [0.15, 0.2) is 24.3 Å². The third kappa shape index (κ3) is 2.81. The first-order chi connectivity index (χ1) is 9.88. The number of benzene rings is 1. The van der Waals surface area contributed by atoms with E-state index in [9.17, 15) is 0 Å². The van der Waals surface area contributed by atoms with Crippen molar-refractivity contribution < 1.29 is 4.74 Å². The van der Waals surface area contributed by atoms with Gasteiger partial charge < -0.3 is 4.74 Å². The molecule has 0 bridgehead atoms. The second-order valence-corrected chi connectivity index (χ2v) is 5.89. The van der Waals surface area contributed by atoms with E-state index in [1.807, 2.05) is 24.3 Å². The van der Waals surface area contributed by atoms with Crippen LogP contribution < -0.4 is 4.74 Å². The molecule has 2 atom stereocenters. The number of para-hydroxylation sites is 1. The first-order valence-corrected chi connectivity index (χ1v) is 7.74. The maximum absolute atomic E-state index is 9.05. The molecule has 1 aromatic carbocycles. The number of ether oxygens (including phenoxy) is 1. The Morgan fingerprint density at radius 3 is 2.95 bits per heavy atom. The summed E-state index contributed by atoms with van der Waals surface area (Å²) in [6.45, 7) is 2.88. The SMILES string of the molecule is N#Cc1ccccc1OCCN1CCCC2CCCC21. The zero-order valence-corrected chi connectivity index (χ0v) is 11.9. The summed E-state index contributed by atoms with van der Waals surface area (Å²) in [6, 6.07) is 10.5. The standard InChI is InChI=1S/C17H22N2O/c18-13-15-5-1-2-9-17(15)20-12-11-19-10-4-7-14-6-3-8-16(14)19/h1-2,5,9,14,16H,3-4,6-8,10-12H2. The van der Waals surface area contributed by atoms with Gasteiger partial charge in [0.05, 0.1) is 5.56 Å². The van der Waals surface area contributed by atoms with Crippen molar-refractivity contribution >= 4 is 0 Å². The lowest BCUT2D eigenvalue weighted by atomic mass is 9.92. The summed E-state index contributed by atoms with van der Waals surface area (Å²) >= 11 is 0. The first kappa shape index (κ1) is 13.5. The molecule has 3 nitrogen and oxygen atoms in total. The molecule has 0 spiro atoms. The van der Waals surface area contributed by atoms with Gasteiger partial charge in [-0.15, -0.1) is 0 Å². The molecule has 106 valence electrons. The van der Waals surface area contributed by atoms with Gasteiger partial charge in [0.2, 0.25) is 0 Å². The molecular weight excluding hydrogens is 248 g/mol. The van der Waals surface area contributed by atoms with Crippen LogP contribution in [0.5, 0.6) is 5.75 Å². The van der Waals surface area contributed by atoms with Crippen molar-refractivity contribution in [3.8, 4) is 11.8 Å². The van der Waals surface area contributed by atoms with E-state index in [2.05, 4.69) is 11.0 Å². The van der Waals surface area contributed by atoms with Crippen molar-refractivity contribution in [1.82, 2.24) is 4.90 Å². The summed E-state index contributed by atoms with van der Waals surface area (Å²) < 4.78 is 5.82. The number of nitriles is 1. The number of likely N-dealkylation sites (tertiary alicyclic amines) is 1. The Hall–Kier alpha value is -1.53. The van der Waals surface area contributed by atoms with Crippen LogP contribution >= 0.6 is 0 Å². The zero-order valence-electron chi connectivity index (χ0n) is 11.9. The molecule has 2 aliphatic rings. The van der Waals surface area contributed by atoms with Gasteiger partial charge in [-0.2, -0.15) is 5.26 Å². The van der Waals surface area contributed by atoms with Gasteiger partial charge in [0.1, 0.15) is 18.4 Å². The minimum absolute atomic E-state index is 0.630. The number of fused-ring (bicyclic) bond motifs is 1. The molecule has 2 unspecified atom stereocenters. The highest BCUT2D eigenvalue weighted by molar-refractivity contribution is 5.42. The Balaban J connectivity index is 1.53. The highest BCUT2D eigenvalue weighted by Crippen LogP contribution is 2.36. The summed E-state index contributed by atoms with van der Waals surface area (Å²) in [6.07, 6.45) is 6.91. The smallest absolute Gasteiger partial charge is 0.137 e. The third-order valence-corrected chi connectivity index (χ3v) is 4.75. The van der Waals surface area contributed by atoms with Crippen LogP contribution in [0.25, 0.3) is 0 Å². The van der Waals surface area contributed by atoms with Crippen LogP contribution in [0, 0.1) is 17.2 Å². The molecule has 3 rings (SSSR count). The topological polar surface area (TPSA) is 36.3 Å². The van der Waals surface area contributed by atoms with E-state index in [1.54, 1.807) is 0 Å². The molecule has 1 aliphatic heterocycles. The average molecular weight is 270 g/mol. The molecule has 3 heteroatoms. The van der Waals surface area contributed by atoms with Crippen LogP contribution in [0.4, 0.5) is 0 Å². The monoisotopic (exact) mass is 270 g/mol. The van der Waals surface area contributed by atoms with E-state index < -0.39 is 0 Å². The van der Waals surface area contributed by atoms with Gasteiger partial charge in [0.25, 0.3) is 0 Å². The second kappa shape index (κ2) is 6.28. The third-order valence-electron chi connectivity index (χ3n) is 4.75. The number of hydrogen-bond donors (Lipinski definition) is 0. The first-order valence-electron chi connectivity index (χ1n) is 7.74. The van der Waals surface area contributed by atoms with Gasteiger partial charge in [-0.3, -0.25) is 4.90 Å². The molecule has 1 aromatic rings. The lowest BCUT2D eigenvalue weighted by Crippen LogP contribution is -2.44. The van der Waals surface area contributed by atoms with Gasteiger partial charge in [-0.25, -0.2) is 0 Å². The molecule has 20 heavy (non-hydrogen) atoms. The van der Waals surface area contributed by atoms with Crippen molar-refractivity contribution in [2.24, 2.45) is 5.92 Å². The van der Waals surface area contributed by atoms with Crippen LogP contribution in [-0.4, -0.2) is 30.6 Å². The van der Waals surface area contributed by atoms with Gasteiger partial charge in [-0.1, -0.05) is 18.6 Å². The highest BCUT2D eigenvalue weighted by atomic mass is 16.5. The molecule has 1 aliphatic carbocycles. The minimum Gasteiger partial charge on any atom is -0.491 e. The summed E-state index contributed by atoms with van der Waals surface area (Å²) in [7, 11) is 0. The van der Waals surface area contributed by atoms with Crippen molar-refractivity contribution in [1.29, 1.82) is 5.26 Å². The lowest BCUT2D eigenvalue weighted by molar-refractivity contribution is 0.0950. The van der Waals surface area contributed by atoms with E-state index >= 15 is 0 Å². The molecule has 0 aromatic heterocycles. The summed E-state index contributed by atoms with van der Waals surface area (Å²) in [5.74, 6) is 1.64. The Morgan fingerprint density at radius 2 is 2.05 bits per heavy atom. The number of nitrogens with zero attached hydrogens (tertiary/aromatic N) is 2. The van der Waals surface area contributed by atoms with Crippen LogP contribution in [0.1, 0.15) is 37.7 Å². The number of piperidine rings is 1. The Morgan fingerprint density at radius 1 is 1.20 bits per heavy atom. The molecule has 0 amide bonds. The van der Waals surface area contributed by atoms with Crippen molar-refractivity contribution in [3.63, 3.8) is 0 Å². The summed E-state index contributed by atoms with van der Waals surface area (Å²) in [5.41, 5.74) is 0.630. The molecule has 1 saturated heterocycles.